The maximum Gasteiger partial charge on any atom is 0.259 e. The number of likely N-dealkylation sites (tertiary alicyclic amines) is 1. The van der Waals surface area contributed by atoms with E-state index in [1.807, 2.05) is 11.0 Å². The summed E-state index contributed by atoms with van der Waals surface area (Å²) in [6.45, 7) is 3.10. The van der Waals surface area contributed by atoms with Gasteiger partial charge >= 0.3 is 0 Å². The predicted molar refractivity (Wildman–Crippen MR) is 79.5 cm³/mol. The molecular weight excluding hydrogens is 296 g/mol. The van der Waals surface area contributed by atoms with Gasteiger partial charge in [-0.15, -0.1) is 0 Å². The molecule has 120 valence electrons. The van der Waals surface area contributed by atoms with Crippen molar-refractivity contribution in [3.8, 4) is 0 Å². The Labute approximate surface area is 133 Å². The lowest BCUT2D eigenvalue weighted by Gasteiger charge is -2.33. The van der Waals surface area contributed by atoms with Crippen LogP contribution in [0.3, 0.4) is 0 Å². The van der Waals surface area contributed by atoms with Crippen molar-refractivity contribution in [1.82, 2.24) is 20.0 Å². The first-order chi connectivity index (χ1) is 11.2. The van der Waals surface area contributed by atoms with E-state index in [9.17, 15) is 4.79 Å². The van der Waals surface area contributed by atoms with Crippen molar-refractivity contribution in [2.24, 2.45) is 5.92 Å². The summed E-state index contributed by atoms with van der Waals surface area (Å²) in [5.41, 5.74) is 1.45. The zero-order chi connectivity index (χ0) is 15.8. The van der Waals surface area contributed by atoms with E-state index in [-0.39, 0.29) is 18.1 Å². The number of carbonyl (C=O) groups is 1. The number of aryl methyl sites for hydroxylation is 1. The SMILES string of the molecule is Cc1oncc1C(=O)N1CC[C@H]2C[C@H](c3ccncn3)O[C@@H]2C1. The highest BCUT2D eigenvalue weighted by molar-refractivity contribution is 5.94. The molecule has 0 saturated carbocycles. The van der Waals surface area contributed by atoms with E-state index in [1.165, 1.54) is 6.20 Å². The molecule has 2 saturated heterocycles. The van der Waals surface area contributed by atoms with Crippen molar-refractivity contribution in [1.29, 1.82) is 0 Å². The van der Waals surface area contributed by atoms with E-state index in [1.54, 1.807) is 19.4 Å². The van der Waals surface area contributed by atoms with Crippen molar-refractivity contribution in [2.45, 2.75) is 32.0 Å². The molecule has 2 fully saturated rings. The third-order valence-electron chi connectivity index (χ3n) is 4.75. The van der Waals surface area contributed by atoms with E-state index >= 15 is 0 Å². The number of piperidine rings is 1. The fourth-order valence-electron chi connectivity index (χ4n) is 3.47. The minimum atomic E-state index is -0.0312. The Bertz CT molecular complexity index is 702. The number of hydrogen-bond donors (Lipinski definition) is 0. The average Bonchev–Trinajstić information content (AvgIpc) is 3.20. The highest BCUT2D eigenvalue weighted by Crippen LogP contribution is 2.40. The molecule has 2 aliphatic rings. The van der Waals surface area contributed by atoms with Crippen LogP contribution in [0.1, 0.15) is 40.8 Å². The molecule has 3 atom stereocenters. The zero-order valence-electron chi connectivity index (χ0n) is 12.9. The van der Waals surface area contributed by atoms with Gasteiger partial charge in [-0.05, 0) is 31.7 Å². The number of amides is 1. The van der Waals surface area contributed by atoms with Crippen molar-refractivity contribution in [3.05, 3.63) is 41.8 Å². The van der Waals surface area contributed by atoms with Crippen molar-refractivity contribution >= 4 is 5.91 Å². The van der Waals surface area contributed by atoms with Gasteiger partial charge in [0.25, 0.3) is 5.91 Å². The topological polar surface area (TPSA) is 81.4 Å². The van der Waals surface area contributed by atoms with Gasteiger partial charge < -0.3 is 14.2 Å². The molecule has 0 radical (unpaired) electrons. The second-order valence-corrected chi connectivity index (χ2v) is 6.13. The van der Waals surface area contributed by atoms with Gasteiger partial charge in [0.05, 0.1) is 18.0 Å². The summed E-state index contributed by atoms with van der Waals surface area (Å²) in [6, 6.07) is 1.89. The molecule has 0 aromatic carbocycles. The van der Waals surface area contributed by atoms with Gasteiger partial charge in [-0.2, -0.15) is 0 Å². The highest BCUT2D eigenvalue weighted by atomic mass is 16.5. The lowest BCUT2D eigenvalue weighted by atomic mass is 9.91. The number of ether oxygens (including phenoxy) is 1. The van der Waals surface area contributed by atoms with Gasteiger partial charge in [-0.3, -0.25) is 4.79 Å². The van der Waals surface area contributed by atoms with Gasteiger partial charge in [0, 0.05) is 19.3 Å². The first kappa shape index (κ1) is 14.3. The van der Waals surface area contributed by atoms with Crippen molar-refractivity contribution in [2.75, 3.05) is 13.1 Å². The Balaban J connectivity index is 1.46. The second-order valence-electron chi connectivity index (χ2n) is 6.13. The van der Waals surface area contributed by atoms with Crippen LogP contribution in [0.25, 0.3) is 0 Å². The first-order valence-electron chi connectivity index (χ1n) is 7.84. The first-order valence-corrected chi connectivity index (χ1v) is 7.84. The van der Waals surface area contributed by atoms with Crippen molar-refractivity contribution < 1.29 is 14.1 Å². The summed E-state index contributed by atoms with van der Waals surface area (Å²) in [5.74, 6) is 1.00. The maximum absolute atomic E-state index is 12.6. The molecule has 0 unspecified atom stereocenters. The molecule has 2 aromatic heterocycles. The van der Waals surface area contributed by atoms with Gasteiger partial charge in [0.15, 0.2) is 0 Å². The molecule has 0 bridgehead atoms. The molecule has 0 aliphatic carbocycles. The van der Waals surface area contributed by atoms with Crippen LogP contribution in [-0.2, 0) is 4.74 Å². The summed E-state index contributed by atoms with van der Waals surface area (Å²) in [6.07, 6.45) is 6.73. The fraction of sp³-hybridized carbons (Fsp3) is 0.500. The number of aromatic nitrogens is 3. The molecular formula is C16H18N4O3. The predicted octanol–water partition coefficient (Wildman–Crippen LogP) is 1.77. The molecule has 2 aliphatic heterocycles. The molecule has 1 amide bonds. The molecule has 4 heterocycles. The smallest absolute Gasteiger partial charge is 0.259 e. The normalized spacial score (nSPS) is 27.0. The average molecular weight is 314 g/mol. The monoisotopic (exact) mass is 314 g/mol. The van der Waals surface area contributed by atoms with Crippen molar-refractivity contribution in [3.63, 3.8) is 0 Å². The number of hydrogen-bond acceptors (Lipinski definition) is 6. The quantitative estimate of drug-likeness (QED) is 0.840. The summed E-state index contributed by atoms with van der Waals surface area (Å²) >= 11 is 0. The lowest BCUT2D eigenvalue weighted by molar-refractivity contribution is -0.00569. The Hall–Kier alpha value is -2.28. The van der Waals surface area contributed by atoms with E-state index in [4.69, 9.17) is 9.26 Å². The van der Waals surface area contributed by atoms with Gasteiger partial charge in [-0.1, -0.05) is 5.16 Å². The van der Waals surface area contributed by atoms with Gasteiger partial charge in [0.2, 0.25) is 0 Å². The van der Waals surface area contributed by atoms with Crippen LogP contribution >= 0.6 is 0 Å². The largest absolute Gasteiger partial charge is 0.367 e. The minimum Gasteiger partial charge on any atom is -0.367 e. The minimum absolute atomic E-state index is 0.000352. The number of carbonyl (C=O) groups excluding carboxylic acids is 1. The molecule has 23 heavy (non-hydrogen) atoms. The Morgan fingerprint density at radius 2 is 2.35 bits per heavy atom. The van der Waals surface area contributed by atoms with Crippen LogP contribution in [0, 0.1) is 12.8 Å². The summed E-state index contributed by atoms with van der Waals surface area (Å²) in [4.78, 5) is 22.6. The number of fused-ring (bicyclic) bond motifs is 1. The standard InChI is InChI=1S/C16H18N4O3/c1-10-12(7-19-23-10)16(21)20-5-3-11-6-14(22-15(11)8-20)13-2-4-17-9-18-13/h2,4,7,9,11,14-15H,3,5-6,8H2,1H3/t11-,14+,15+/m0/s1. The second kappa shape index (κ2) is 5.73. The Morgan fingerprint density at radius 1 is 1.43 bits per heavy atom. The number of rotatable bonds is 2. The molecule has 0 spiro atoms. The van der Waals surface area contributed by atoms with E-state index in [2.05, 4.69) is 15.1 Å². The number of nitrogens with zero attached hydrogens (tertiary/aromatic N) is 4. The van der Waals surface area contributed by atoms with Gasteiger partial charge in [-0.25, -0.2) is 9.97 Å². The zero-order valence-corrected chi connectivity index (χ0v) is 12.9. The van der Waals surface area contributed by atoms with Gasteiger partial charge in [0.1, 0.15) is 23.8 Å². The van der Waals surface area contributed by atoms with Crippen LogP contribution in [0.4, 0.5) is 0 Å². The molecule has 2 aromatic rings. The van der Waals surface area contributed by atoms with Crippen LogP contribution < -0.4 is 0 Å². The summed E-state index contributed by atoms with van der Waals surface area (Å²) < 4.78 is 11.2. The van der Waals surface area contributed by atoms with Crippen LogP contribution in [-0.4, -0.2) is 45.1 Å². The summed E-state index contributed by atoms with van der Waals surface area (Å²) in [5, 5.41) is 3.69. The third-order valence-corrected chi connectivity index (χ3v) is 4.75. The van der Waals surface area contributed by atoms with E-state index in [0.29, 0.717) is 23.8 Å². The molecule has 7 nitrogen and oxygen atoms in total. The molecule has 0 N–H and O–H groups in total. The third kappa shape index (κ3) is 2.61. The summed E-state index contributed by atoms with van der Waals surface area (Å²) in [7, 11) is 0. The highest BCUT2D eigenvalue weighted by Gasteiger charge is 2.41. The maximum atomic E-state index is 12.6. The molecule has 7 heteroatoms. The van der Waals surface area contributed by atoms with Crippen LogP contribution in [0.2, 0.25) is 0 Å². The van der Waals surface area contributed by atoms with Crippen LogP contribution in [0.15, 0.2) is 29.3 Å². The molecule has 4 rings (SSSR count). The van der Waals surface area contributed by atoms with E-state index < -0.39 is 0 Å². The van der Waals surface area contributed by atoms with Crippen LogP contribution in [0.5, 0.6) is 0 Å². The Kier molecular flexibility index (Phi) is 3.57. The Morgan fingerprint density at radius 3 is 3.09 bits per heavy atom. The fourth-order valence-corrected chi connectivity index (χ4v) is 3.47. The lowest BCUT2D eigenvalue weighted by Crippen LogP contribution is -2.45. The van der Waals surface area contributed by atoms with E-state index in [0.717, 1.165) is 25.1 Å².